The number of hydrogen-bond donors (Lipinski definition) is 0. The summed E-state index contributed by atoms with van der Waals surface area (Å²) in [4.78, 5) is 0.565. The van der Waals surface area contributed by atoms with Crippen LogP contribution >= 0.6 is 11.8 Å². The van der Waals surface area contributed by atoms with Gasteiger partial charge < -0.3 is 0 Å². The van der Waals surface area contributed by atoms with E-state index in [4.69, 9.17) is 0 Å². The van der Waals surface area contributed by atoms with Crippen LogP contribution in [0.3, 0.4) is 0 Å². The van der Waals surface area contributed by atoms with Crippen LogP contribution in [0.5, 0.6) is 0 Å². The fourth-order valence-electron chi connectivity index (χ4n) is 4.35. The molecule has 160 valence electrons. The molecular formula is C27H32F2S. The average Bonchev–Trinajstić information content (AvgIpc) is 2.77. The maximum absolute atomic E-state index is 12.4. The lowest BCUT2D eigenvalue weighted by Gasteiger charge is -2.29. The molecule has 1 aliphatic rings. The molecule has 0 radical (unpaired) electrons. The Morgan fingerprint density at radius 3 is 2.00 bits per heavy atom. The second-order valence-electron chi connectivity index (χ2n) is 8.34. The number of benzene rings is 2. The molecule has 0 heterocycles. The number of hydrogen-bond acceptors (Lipinski definition) is 1. The Labute approximate surface area is 184 Å². The lowest BCUT2D eigenvalue weighted by Crippen LogP contribution is -2.13. The standard InChI is InChI=1S/C27H32F2S/c1-2-3-4-5-6-21-9-15-24(16-10-21)25-17-11-22(12-18-25)7-8-23-13-19-26(20-14-23)30-27(28)29/h11-14,17-21,24,27H,2-6,9-10,15-16H2,1H3. The third kappa shape index (κ3) is 7.47. The van der Waals surface area contributed by atoms with Crippen molar-refractivity contribution in [2.75, 3.05) is 0 Å². The van der Waals surface area contributed by atoms with Gasteiger partial charge in [-0.25, -0.2) is 0 Å². The average molecular weight is 427 g/mol. The van der Waals surface area contributed by atoms with E-state index in [2.05, 4.69) is 43.0 Å². The fourth-order valence-corrected chi connectivity index (χ4v) is 4.85. The fraction of sp³-hybridized carbons (Fsp3) is 0.481. The van der Waals surface area contributed by atoms with Gasteiger partial charge in [0.25, 0.3) is 5.76 Å². The summed E-state index contributed by atoms with van der Waals surface area (Å²) in [5.41, 5.74) is 3.28. The highest BCUT2D eigenvalue weighted by molar-refractivity contribution is 7.99. The van der Waals surface area contributed by atoms with Gasteiger partial charge in [0.05, 0.1) is 0 Å². The molecule has 0 saturated heterocycles. The Balaban J connectivity index is 1.48. The molecule has 1 aliphatic carbocycles. The zero-order valence-electron chi connectivity index (χ0n) is 17.9. The first-order valence-electron chi connectivity index (χ1n) is 11.3. The predicted molar refractivity (Wildman–Crippen MR) is 124 cm³/mol. The molecule has 0 unspecified atom stereocenters. The van der Waals surface area contributed by atoms with Gasteiger partial charge in [-0.2, -0.15) is 8.78 Å². The molecule has 1 fully saturated rings. The maximum Gasteiger partial charge on any atom is 0.288 e. The van der Waals surface area contributed by atoms with Crippen molar-refractivity contribution < 1.29 is 8.78 Å². The second kappa shape index (κ2) is 12.2. The molecule has 2 aromatic rings. The lowest BCUT2D eigenvalue weighted by molar-refractivity contribution is 0.252. The topological polar surface area (TPSA) is 0 Å². The summed E-state index contributed by atoms with van der Waals surface area (Å²) in [5, 5.41) is 0. The summed E-state index contributed by atoms with van der Waals surface area (Å²) in [6, 6.07) is 15.7. The second-order valence-corrected chi connectivity index (χ2v) is 9.41. The van der Waals surface area contributed by atoms with Crippen LogP contribution in [-0.2, 0) is 0 Å². The van der Waals surface area contributed by atoms with Crippen LogP contribution in [0.25, 0.3) is 0 Å². The molecule has 0 nitrogen and oxygen atoms in total. The first-order chi connectivity index (χ1) is 14.6. The quantitative estimate of drug-likeness (QED) is 0.231. The number of alkyl halides is 2. The van der Waals surface area contributed by atoms with Gasteiger partial charge in [-0.05, 0) is 79.5 Å². The van der Waals surface area contributed by atoms with E-state index in [1.165, 1.54) is 63.4 Å². The van der Waals surface area contributed by atoms with Gasteiger partial charge >= 0.3 is 0 Å². The van der Waals surface area contributed by atoms with Crippen LogP contribution < -0.4 is 0 Å². The molecule has 0 atom stereocenters. The van der Waals surface area contributed by atoms with Crippen molar-refractivity contribution in [3.63, 3.8) is 0 Å². The van der Waals surface area contributed by atoms with Crippen molar-refractivity contribution in [2.45, 2.75) is 81.3 Å². The number of rotatable bonds is 8. The summed E-state index contributed by atoms with van der Waals surface area (Å²) in [6.45, 7) is 2.28. The Hall–Kier alpha value is -1.79. The van der Waals surface area contributed by atoms with Crippen molar-refractivity contribution in [1.29, 1.82) is 0 Å². The van der Waals surface area contributed by atoms with Crippen molar-refractivity contribution in [2.24, 2.45) is 5.92 Å². The van der Waals surface area contributed by atoms with Crippen molar-refractivity contribution in [1.82, 2.24) is 0 Å². The summed E-state index contributed by atoms with van der Waals surface area (Å²) in [7, 11) is 0. The van der Waals surface area contributed by atoms with Gasteiger partial charge in [-0.15, -0.1) is 0 Å². The zero-order chi connectivity index (χ0) is 21.2. The van der Waals surface area contributed by atoms with Crippen LogP contribution in [0.2, 0.25) is 0 Å². The monoisotopic (exact) mass is 426 g/mol. The van der Waals surface area contributed by atoms with E-state index in [1.54, 1.807) is 24.3 Å². The van der Waals surface area contributed by atoms with E-state index in [9.17, 15) is 8.78 Å². The molecule has 3 heteroatoms. The van der Waals surface area contributed by atoms with Crippen molar-refractivity contribution in [3.8, 4) is 11.8 Å². The Morgan fingerprint density at radius 1 is 0.833 bits per heavy atom. The minimum atomic E-state index is -2.39. The van der Waals surface area contributed by atoms with E-state index in [0.29, 0.717) is 22.6 Å². The Kier molecular flexibility index (Phi) is 9.27. The minimum Gasteiger partial charge on any atom is -0.198 e. The van der Waals surface area contributed by atoms with Crippen LogP contribution in [0.4, 0.5) is 8.78 Å². The van der Waals surface area contributed by atoms with E-state index in [-0.39, 0.29) is 0 Å². The highest BCUT2D eigenvalue weighted by Gasteiger charge is 2.21. The van der Waals surface area contributed by atoms with Gasteiger partial charge in [0.2, 0.25) is 0 Å². The third-order valence-corrected chi connectivity index (χ3v) is 6.85. The zero-order valence-corrected chi connectivity index (χ0v) is 18.7. The summed E-state index contributed by atoms with van der Waals surface area (Å²) in [6.07, 6.45) is 12.3. The van der Waals surface area contributed by atoms with E-state index in [1.807, 2.05) is 0 Å². The molecule has 0 spiro atoms. The van der Waals surface area contributed by atoms with Gasteiger partial charge in [-0.1, -0.05) is 74.8 Å². The highest BCUT2D eigenvalue weighted by atomic mass is 32.2. The maximum atomic E-state index is 12.4. The van der Waals surface area contributed by atoms with Gasteiger partial charge in [-0.3, -0.25) is 0 Å². The molecule has 2 aromatic carbocycles. The number of halogens is 2. The van der Waals surface area contributed by atoms with Gasteiger partial charge in [0.15, 0.2) is 0 Å². The largest absolute Gasteiger partial charge is 0.288 e. The highest BCUT2D eigenvalue weighted by Crippen LogP contribution is 2.37. The molecule has 0 aromatic heterocycles. The molecule has 30 heavy (non-hydrogen) atoms. The smallest absolute Gasteiger partial charge is 0.198 e. The normalized spacial score (nSPS) is 18.8. The first-order valence-corrected chi connectivity index (χ1v) is 12.2. The molecule has 0 bridgehead atoms. The summed E-state index contributed by atoms with van der Waals surface area (Å²) >= 11 is 0.561. The molecular weight excluding hydrogens is 394 g/mol. The minimum absolute atomic E-state index is 0.561. The Bertz CT molecular complexity index is 807. The van der Waals surface area contributed by atoms with Crippen molar-refractivity contribution in [3.05, 3.63) is 65.2 Å². The number of thioether (sulfide) groups is 1. The molecule has 3 rings (SSSR count). The molecule has 1 saturated carbocycles. The van der Waals surface area contributed by atoms with Crippen LogP contribution in [-0.4, -0.2) is 5.76 Å². The van der Waals surface area contributed by atoms with E-state index >= 15 is 0 Å². The lowest BCUT2D eigenvalue weighted by atomic mass is 9.77. The summed E-state index contributed by atoms with van der Waals surface area (Å²) < 4.78 is 24.8. The van der Waals surface area contributed by atoms with E-state index < -0.39 is 5.76 Å². The molecule has 0 aliphatic heterocycles. The number of unbranched alkanes of at least 4 members (excludes halogenated alkanes) is 3. The van der Waals surface area contributed by atoms with E-state index in [0.717, 1.165) is 17.0 Å². The SMILES string of the molecule is CCCCCCC1CCC(c2ccc(C#Cc3ccc(SC(F)F)cc3)cc2)CC1. The van der Waals surface area contributed by atoms with Crippen LogP contribution in [0.15, 0.2) is 53.4 Å². The first kappa shape index (κ1) is 22.9. The third-order valence-electron chi connectivity index (χ3n) is 6.13. The predicted octanol–water partition coefficient (Wildman–Crippen LogP) is 8.65. The van der Waals surface area contributed by atoms with Crippen molar-refractivity contribution >= 4 is 11.8 Å². The molecule has 0 amide bonds. The molecule has 0 N–H and O–H groups in total. The van der Waals surface area contributed by atoms with Gasteiger partial charge in [0, 0.05) is 16.0 Å². The summed E-state index contributed by atoms with van der Waals surface area (Å²) in [5.74, 6) is 5.56. The van der Waals surface area contributed by atoms with Gasteiger partial charge in [0.1, 0.15) is 0 Å². The van der Waals surface area contributed by atoms with Crippen LogP contribution in [0.1, 0.15) is 87.3 Å². The van der Waals surface area contributed by atoms with Crippen LogP contribution in [0, 0.1) is 17.8 Å². The Morgan fingerprint density at radius 2 is 1.43 bits per heavy atom.